The van der Waals surface area contributed by atoms with Crippen LogP contribution in [-0.2, 0) is 31.1 Å². The van der Waals surface area contributed by atoms with Crippen LogP contribution in [0.15, 0.2) is 66.7 Å². The molecule has 0 bridgehead atoms. The predicted octanol–water partition coefficient (Wildman–Crippen LogP) is 4.09. The van der Waals surface area contributed by atoms with Crippen LogP contribution in [0, 0.1) is 5.92 Å². The summed E-state index contributed by atoms with van der Waals surface area (Å²) in [6.07, 6.45) is 3.66. The second-order valence-electron chi connectivity index (χ2n) is 9.77. The molecule has 1 aliphatic carbocycles. The molecular formula is C29H31N5O2. The summed E-state index contributed by atoms with van der Waals surface area (Å²) in [4.78, 5) is 17.9. The molecule has 3 N–H and O–H groups in total. The van der Waals surface area contributed by atoms with Crippen molar-refractivity contribution in [1.82, 2.24) is 20.4 Å². The number of amides is 1. The smallest absolute Gasteiger partial charge is 0.243 e. The highest BCUT2D eigenvalue weighted by Gasteiger charge is 2.43. The normalized spacial score (nSPS) is 20.7. The van der Waals surface area contributed by atoms with Crippen LogP contribution in [0.25, 0.3) is 11.0 Å². The zero-order chi connectivity index (χ0) is 24.6. The average Bonchev–Trinajstić information content (AvgIpc) is 3.49. The molecule has 1 aromatic heterocycles. The summed E-state index contributed by atoms with van der Waals surface area (Å²) >= 11 is 0. The Hall–Kier alpha value is -3.68. The van der Waals surface area contributed by atoms with Gasteiger partial charge in [0.05, 0.1) is 24.2 Å². The number of fused-ring (bicyclic) bond motifs is 4. The first-order valence-electron chi connectivity index (χ1n) is 12.6. The SMILES string of the molecule is COc1ccc2c(c1)CCC1C(C(=O)Nc3ccc(CCc4nc5ccccc5n4C)cc3)NNC21. The van der Waals surface area contributed by atoms with Gasteiger partial charge >= 0.3 is 0 Å². The lowest BCUT2D eigenvalue weighted by Gasteiger charge is -2.29. The molecule has 184 valence electrons. The van der Waals surface area contributed by atoms with Crippen LogP contribution >= 0.6 is 0 Å². The van der Waals surface area contributed by atoms with E-state index in [1.807, 2.05) is 30.3 Å². The first kappa shape index (κ1) is 22.8. The maximum atomic E-state index is 13.2. The van der Waals surface area contributed by atoms with Crippen LogP contribution in [0.1, 0.15) is 35.0 Å². The van der Waals surface area contributed by atoms with Gasteiger partial charge in [0.25, 0.3) is 0 Å². The molecule has 1 aliphatic heterocycles. The Bertz CT molecular complexity index is 1410. The van der Waals surface area contributed by atoms with Crippen molar-refractivity contribution in [3.05, 3.63) is 89.2 Å². The van der Waals surface area contributed by atoms with Crippen molar-refractivity contribution in [2.75, 3.05) is 12.4 Å². The van der Waals surface area contributed by atoms with Crippen LogP contribution < -0.4 is 20.9 Å². The molecule has 1 fully saturated rings. The van der Waals surface area contributed by atoms with Crippen molar-refractivity contribution < 1.29 is 9.53 Å². The minimum atomic E-state index is -0.275. The van der Waals surface area contributed by atoms with Crippen molar-refractivity contribution in [2.45, 2.75) is 37.8 Å². The fraction of sp³-hybridized carbons (Fsp3) is 0.310. The molecule has 7 heteroatoms. The number of rotatable bonds is 6. The van der Waals surface area contributed by atoms with Gasteiger partial charge in [-0.1, -0.05) is 30.3 Å². The number of hydrogen-bond donors (Lipinski definition) is 3. The van der Waals surface area contributed by atoms with E-state index < -0.39 is 0 Å². The zero-order valence-corrected chi connectivity index (χ0v) is 20.6. The molecule has 0 saturated carbocycles. The largest absolute Gasteiger partial charge is 0.497 e. The lowest BCUT2D eigenvalue weighted by Crippen LogP contribution is -2.42. The second-order valence-corrected chi connectivity index (χ2v) is 9.77. The Kier molecular flexibility index (Phi) is 5.95. The summed E-state index contributed by atoms with van der Waals surface area (Å²) < 4.78 is 7.54. The van der Waals surface area contributed by atoms with Crippen molar-refractivity contribution in [3.63, 3.8) is 0 Å². The Morgan fingerprint density at radius 3 is 2.72 bits per heavy atom. The molecule has 2 heterocycles. The number of ether oxygens (including phenoxy) is 1. The standard InChI is InChI=1S/C29H31N5O2/c1-34-25-6-4-3-5-24(25)31-26(34)16-9-18-7-11-20(12-8-18)30-29(35)28-23-14-10-19-17-21(36-2)13-15-22(19)27(23)32-33-28/h3-8,11-13,15,17,23,27-28,32-33H,9-10,14,16H2,1-2H3,(H,30,35). The molecule has 0 radical (unpaired) electrons. The molecule has 1 amide bonds. The third-order valence-electron chi connectivity index (χ3n) is 7.70. The van der Waals surface area contributed by atoms with Crippen molar-refractivity contribution in [2.24, 2.45) is 13.0 Å². The maximum absolute atomic E-state index is 13.2. The number of nitrogens with one attached hydrogen (secondary N) is 3. The topological polar surface area (TPSA) is 80.2 Å². The van der Waals surface area contributed by atoms with Gasteiger partial charge in [0.2, 0.25) is 5.91 Å². The number of para-hydroxylation sites is 2. The van der Waals surface area contributed by atoms with Crippen LogP contribution in [0.3, 0.4) is 0 Å². The van der Waals surface area contributed by atoms with E-state index in [-0.39, 0.29) is 23.9 Å². The highest BCUT2D eigenvalue weighted by Crippen LogP contribution is 2.40. The van der Waals surface area contributed by atoms with Gasteiger partial charge in [-0.25, -0.2) is 15.8 Å². The number of nitrogens with zero attached hydrogens (tertiary/aromatic N) is 2. The summed E-state index contributed by atoms with van der Waals surface area (Å²) in [5.74, 6) is 2.16. The third-order valence-corrected chi connectivity index (χ3v) is 7.70. The van der Waals surface area contributed by atoms with E-state index in [4.69, 9.17) is 9.72 Å². The van der Waals surface area contributed by atoms with Crippen LogP contribution in [0.4, 0.5) is 5.69 Å². The number of hydrazine groups is 1. The summed E-state index contributed by atoms with van der Waals surface area (Å²) in [6.45, 7) is 0. The molecule has 0 spiro atoms. The van der Waals surface area contributed by atoms with Gasteiger partial charge in [-0.2, -0.15) is 0 Å². The predicted molar refractivity (Wildman–Crippen MR) is 141 cm³/mol. The van der Waals surface area contributed by atoms with E-state index >= 15 is 0 Å². The molecule has 3 unspecified atom stereocenters. The summed E-state index contributed by atoms with van der Waals surface area (Å²) in [5, 5.41) is 3.11. The Balaban J connectivity index is 1.08. The number of aromatic nitrogens is 2. The third kappa shape index (κ3) is 4.14. The molecule has 7 nitrogen and oxygen atoms in total. The van der Waals surface area contributed by atoms with Gasteiger partial charge in [-0.05, 0) is 72.4 Å². The van der Waals surface area contributed by atoms with E-state index in [2.05, 4.69) is 64.2 Å². The van der Waals surface area contributed by atoms with Gasteiger partial charge in [-0.3, -0.25) is 4.79 Å². The van der Waals surface area contributed by atoms with Crippen molar-refractivity contribution in [1.29, 1.82) is 0 Å². The second kappa shape index (κ2) is 9.41. The number of anilines is 1. The van der Waals surface area contributed by atoms with E-state index in [0.29, 0.717) is 0 Å². The number of methoxy groups -OCH3 is 1. The van der Waals surface area contributed by atoms with Crippen LogP contribution in [0.2, 0.25) is 0 Å². The van der Waals surface area contributed by atoms with Gasteiger partial charge in [0.15, 0.2) is 0 Å². The number of aryl methyl sites for hydroxylation is 4. The highest BCUT2D eigenvalue weighted by molar-refractivity contribution is 5.95. The molecule has 3 aromatic carbocycles. The molecular weight excluding hydrogens is 450 g/mol. The summed E-state index contributed by atoms with van der Waals surface area (Å²) in [5.41, 5.74) is 13.4. The number of benzene rings is 3. The molecule has 3 atom stereocenters. The van der Waals surface area contributed by atoms with E-state index in [1.165, 1.54) is 16.7 Å². The Morgan fingerprint density at radius 1 is 1.08 bits per heavy atom. The molecule has 1 saturated heterocycles. The molecule has 2 aliphatic rings. The van der Waals surface area contributed by atoms with Gasteiger partial charge in [-0.15, -0.1) is 0 Å². The number of carbonyl (C=O) groups excluding carboxylic acids is 1. The fourth-order valence-electron chi connectivity index (χ4n) is 5.69. The summed E-state index contributed by atoms with van der Waals surface area (Å²) in [6, 6.07) is 22.4. The highest BCUT2D eigenvalue weighted by atomic mass is 16.5. The average molecular weight is 482 g/mol. The van der Waals surface area contributed by atoms with Gasteiger partial charge in [0.1, 0.15) is 17.6 Å². The Morgan fingerprint density at radius 2 is 1.92 bits per heavy atom. The van der Waals surface area contributed by atoms with Crippen molar-refractivity contribution in [3.8, 4) is 5.75 Å². The lowest BCUT2D eigenvalue weighted by molar-refractivity contribution is -0.118. The zero-order valence-electron chi connectivity index (χ0n) is 20.6. The minimum Gasteiger partial charge on any atom is -0.497 e. The summed E-state index contributed by atoms with van der Waals surface area (Å²) in [7, 11) is 3.76. The van der Waals surface area contributed by atoms with E-state index in [0.717, 1.165) is 54.0 Å². The molecule has 36 heavy (non-hydrogen) atoms. The molecule has 6 rings (SSSR count). The Labute approximate surface area is 210 Å². The van der Waals surface area contributed by atoms with Gasteiger partial charge in [0, 0.05) is 25.1 Å². The van der Waals surface area contributed by atoms with E-state index in [9.17, 15) is 4.79 Å². The van der Waals surface area contributed by atoms with E-state index in [1.54, 1.807) is 7.11 Å². The van der Waals surface area contributed by atoms with Crippen molar-refractivity contribution >= 4 is 22.6 Å². The maximum Gasteiger partial charge on any atom is 0.243 e. The van der Waals surface area contributed by atoms with Crippen LogP contribution in [-0.4, -0.2) is 28.6 Å². The lowest BCUT2D eigenvalue weighted by atomic mass is 9.77. The monoisotopic (exact) mass is 481 g/mol. The van der Waals surface area contributed by atoms with Gasteiger partial charge < -0.3 is 14.6 Å². The van der Waals surface area contributed by atoms with Crippen LogP contribution in [0.5, 0.6) is 5.75 Å². The molecule has 4 aromatic rings. The first-order chi connectivity index (χ1) is 17.6. The quantitative estimate of drug-likeness (QED) is 0.387. The number of imidazole rings is 1. The minimum absolute atomic E-state index is 0.000544. The number of carbonyl (C=O) groups is 1. The number of hydrogen-bond acceptors (Lipinski definition) is 5. The fourth-order valence-corrected chi connectivity index (χ4v) is 5.69. The first-order valence-corrected chi connectivity index (χ1v) is 12.6.